The van der Waals surface area contributed by atoms with Gasteiger partial charge in [-0.1, -0.05) is 0 Å². The van der Waals surface area contributed by atoms with E-state index in [2.05, 4.69) is 34.4 Å². The smallest absolute Gasteiger partial charge is 0.225 e. The minimum atomic E-state index is -0.0274. The Kier molecular flexibility index (Phi) is 6.16. The minimum absolute atomic E-state index is 0.0274. The van der Waals surface area contributed by atoms with Crippen molar-refractivity contribution in [2.24, 2.45) is 0 Å². The van der Waals surface area contributed by atoms with E-state index in [9.17, 15) is 4.79 Å². The number of aryl methyl sites for hydroxylation is 1. The fourth-order valence-corrected chi connectivity index (χ4v) is 3.59. The van der Waals surface area contributed by atoms with Gasteiger partial charge in [-0.2, -0.15) is 0 Å². The molecule has 0 aliphatic carbocycles. The van der Waals surface area contributed by atoms with Crippen LogP contribution in [0.3, 0.4) is 0 Å². The number of aromatic nitrogens is 2. The lowest BCUT2D eigenvalue weighted by molar-refractivity contribution is -0.116. The molecule has 1 aromatic rings. The third-order valence-electron chi connectivity index (χ3n) is 4.82. The Balaban J connectivity index is 1.90. The Hall–Kier alpha value is -1.93. The van der Waals surface area contributed by atoms with Gasteiger partial charge in [-0.3, -0.25) is 4.79 Å². The predicted octanol–water partition coefficient (Wildman–Crippen LogP) is 1.86. The lowest BCUT2D eigenvalue weighted by Gasteiger charge is -2.34. The van der Waals surface area contributed by atoms with Gasteiger partial charge in [-0.15, -0.1) is 0 Å². The van der Waals surface area contributed by atoms with Gasteiger partial charge >= 0.3 is 0 Å². The maximum absolute atomic E-state index is 12.6. The molecule has 8 nitrogen and oxygen atoms in total. The van der Waals surface area contributed by atoms with Crippen molar-refractivity contribution in [1.29, 1.82) is 0 Å². The van der Waals surface area contributed by atoms with Gasteiger partial charge in [-0.25, -0.2) is 9.97 Å². The summed E-state index contributed by atoms with van der Waals surface area (Å²) in [5.41, 5.74) is 0.680. The van der Waals surface area contributed by atoms with E-state index in [1.807, 2.05) is 25.9 Å². The molecule has 0 spiro atoms. The first-order valence-electron chi connectivity index (χ1n) is 9.82. The van der Waals surface area contributed by atoms with Gasteiger partial charge < -0.3 is 25.2 Å². The van der Waals surface area contributed by atoms with Gasteiger partial charge in [0.25, 0.3) is 0 Å². The van der Waals surface area contributed by atoms with Crippen molar-refractivity contribution in [2.45, 2.75) is 58.3 Å². The monoisotopic (exact) mass is 376 g/mol. The SMILES string of the molecule is Cc1nc(NC(C)C)c(NC(=O)CCN(C)C)c(N2CC3CCC(C2)O3)n1. The maximum Gasteiger partial charge on any atom is 0.225 e. The Morgan fingerprint density at radius 3 is 2.52 bits per heavy atom. The number of fused-ring (bicyclic) bond motifs is 2. The Bertz CT molecular complexity index is 666. The highest BCUT2D eigenvalue weighted by atomic mass is 16.5. The molecule has 0 saturated carbocycles. The summed E-state index contributed by atoms with van der Waals surface area (Å²) in [5.74, 6) is 2.15. The van der Waals surface area contributed by atoms with Crippen LogP contribution in [0.15, 0.2) is 0 Å². The molecule has 3 rings (SSSR count). The van der Waals surface area contributed by atoms with Crippen LogP contribution < -0.4 is 15.5 Å². The van der Waals surface area contributed by atoms with Crippen LogP contribution in [-0.4, -0.2) is 72.8 Å². The topological polar surface area (TPSA) is 82.6 Å². The van der Waals surface area contributed by atoms with Crippen LogP contribution in [0, 0.1) is 6.92 Å². The van der Waals surface area contributed by atoms with E-state index >= 15 is 0 Å². The zero-order valence-corrected chi connectivity index (χ0v) is 17.1. The quantitative estimate of drug-likeness (QED) is 0.752. The van der Waals surface area contributed by atoms with Gasteiger partial charge in [0.1, 0.15) is 11.5 Å². The molecule has 1 amide bonds. The first-order chi connectivity index (χ1) is 12.8. The molecule has 3 heterocycles. The van der Waals surface area contributed by atoms with Crippen LogP contribution in [0.25, 0.3) is 0 Å². The number of hydrogen-bond acceptors (Lipinski definition) is 7. The fraction of sp³-hybridized carbons (Fsp3) is 0.737. The number of anilines is 3. The van der Waals surface area contributed by atoms with Crippen LogP contribution in [0.4, 0.5) is 17.3 Å². The summed E-state index contributed by atoms with van der Waals surface area (Å²) < 4.78 is 5.97. The van der Waals surface area contributed by atoms with E-state index in [-0.39, 0.29) is 24.2 Å². The predicted molar refractivity (Wildman–Crippen MR) is 107 cm³/mol. The van der Waals surface area contributed by atoms with E-state index in [0.29, 0.717) is 30.3 Å². The van der Waals surface area contributed by atoms with E-state index < -0.39 is 0 Å². The molecule has 150 valence electrons. The highest BCUT2D eigenvalue weighted by molar-refractivity contribution is 5.97. The van der Waals surface area contributed by atoms with E-state index in [1.54, 1.807) is 0 Å². The highest BCUT2D eigenvalue weighted by Crippen LogP contribution is 2.36. The molecule has 27 heavy (non-hydrogen) atoms. The van der Waals surface area contributed by atoms with Crippen molar-refractivity contribution in [2.75, 3.05) is 49.3 Å². The number of ether oxygens (including phenoxy) is 1. The Labute approximate surface area is 161 Å². The third-order valence-corrected chi connectivity index (χ3v) is 4.82. The van der Waals surface area contributed by atoms with Crippen LogP contribution >= 0.6 is 0 Å². The van der Waals surface area contributed by atoms with Gasteiger partial charge in [0.2, 0.25) is 5.91 Å². The molecular weight excluding hydrogens is 344 g/mol. The van der Waals surface area contributed by atoms with Crippen LogP contribution in [0.5, 0.6) is 0 Å². The maximum atomic E-state index is 12.6. The zero-order chi connectivity index (χ0) is 19.6. The van der Waals surface area contributed by atoms with Gasteiger partial charge in [0.15, 0.2) is 11.6 Å². The van der Waals surface area contributed by atoms with Crippen molar-refractivity contribution in [1.82, 2.24) is 14.9 Å². The molecule has 2 fully saturated rings. The molecule has 0 aromatic carbocycles. The third kappa shape index (κ3) is 5.07. The average Bonchev–Trinajstić information content (AvgIpc) is 2.92. The molecule has 2 bridgehead atoms. The highest BCUT2D eigenvalue weighted by Gasteiger charge is 2.36. The average molecular weight is 377 g/mol. The summed E-state index contributed by atoms with van der Waals surface area (Å²) in [6, 6.07) is 0.199. The molecule has 8 heteroatoms. The summed E-state index contributed by atoms with van der Waals surface area (Å²) in [6.07, 6.45) is 3.10. The van der Waals surface area contributed by atoms with Crippen LogP contribution in [0.1, 0.15) is 38.9 Å². The van der Waals surface area contributed by atoms with Gasteiger partial charge in [0, 0.05) is 32.1 Å². The number of carbonyl (C=O) groups is 1. The molecule has 2 atom stereocenters. The van der Waals surface area contributed by atoms with E-state index in [4.69, 9.17) is 9.72 Å². The van der Waals surface area contributed by atoms with Gasteiger partial charge in [-0.05, 0) is 47.7 Å². The zero-order valence-electron chi connectivity index (χ0n) is 17.1. The summed E-state index contributed by atoms with van der Waals surface area (Å²) in [6.45, 7) is 8.31. The Morgan fingerprint density at radius 2 is 1.93 bits per heavy atom. The van der Waals surface area contributed by atoms with Gasteiger partial charge in [0.05, 0.1) is 12.2 Å². The second-order valence-electron chi connectivity index (χ2n) is 8.08. The summed E-state index contributed by atoms with van der Waals surface area (Å²) in [4.78, 5) is 26.1. The minimum Gasteiger partial charge on any atom is -0.371 e. The van der Waals surface area contributed by atoms with Crippen molar-refractivity contribution < 1.29 is 9.53 Å². The van der Waals surface area contributed by atoms with Crippen LogP contribution in [-0.2, 0) is 9.53 Å². The Morgan fingerprint density at radius 1 is 1.26 bits per heavy atom. The molecule has 2 aliphatic rings. The van der Waals surface area contributed by atoms with Crippen molar-refractivity contribution in [3.05, 3.63) is 5.82 Å². The molecule has 2 saturated heterocycles. The largest absolute Gasteiger partial charge is 0.371 e. The number of nitrogens with one attached hydrogen (secondary N) is 2. The van der Waals surface area contributed by atoms with Crippen molar-refractivity contribution in [3.8, 4) is 0 Å². The lowest BCUT2D eigenvalue weighted by Crippen LogP contribution is -2.43. The van der Waals surface area contributed by atoms with Crippen molar-refractivity contribution >= 4 is 23.2 Å². The second kappa shape index (κ2) is 8.39. The summed E-state index contributed by atoms with van der Waals surface area (Å²) >= 11 is 0. The number of rotatable bonds is 7. The normalized spacial score (nSPS) is 21.8. The molecular formula is C19H32N6O2. The van der Waals surface area contributed by atoms with E-state index in [0.717, 1.165) is 31.7 Å². The number of carbonyl (C=O) groups excluding carboxylic acids is 1. The molecule has 2 aliphatic heterocycles. The summed E-state index contributed by atoms with van der Waals surface area (Å²) in [5, 5.41) is 6.45. The number of morpholine rings is 1. The molecule has 0 radical (unpaired) electrons. The summed E-state index contributed by atoms with van der Waals surface area (Å²) in [7, 11) is 3.92. The van der Waals surface area contributed by atoms with Crippen LogP contribution in [0.2, 0.25) is 0 Å². The molecule has 1 aromatic heterocycles. The first kappa shape index (κ1) is 19.8. The number of hydrogen-bond donors (Lipinski definition) is 2. The number of nitrogens with zero attached hydrogens (tertiary/aromatic N) is 4. The molecule has 2 N–H and O–H groups in total. The molecule has 2 unspecified atom stereocenters. The fourth-order valence-electron chi connectivity index (χ4n) is 3.59. The van der Waals surface area contributed by atoms with Crippen molar-refractivity contribution in [3.63, 3.8) is 0 Å². The number of amides is 1. The first-order valence-corrected chi connectivity index (χ1v) is 9.82. The van der Waals surface area contributed by atoms with E-state index in [1.165, 1.54) is 0 Å². The standard InChI is InChI=1S/C19H32N6O2/c1-12(2)20-18-17(23-16(26)8-9-24(4)5)19(22-13(3)21-18)25-10-14-6-7-15(11-25)27-14/h12,14-15H,6-11H2,1-5H3,(H,23,26)(H,20,21,22). The second-order valence-corrected chi connectivity index (χ2v) is 8.08. The lowest BCUT2D eigenvalue weighted by atomic mass is 10.2.